The third-order valence-electron chi connectivity index (χ3n) is 6.39. The zero-order chi connectivity index (χ0) is 17.1. The lowest BCUT2D eigenvalue weighted by molar-refractivity contribution is -0.295. The molecule has 0 amide bonds. The Hall–Kier alpha value is -0.160. The first-order valence-corrected chi connectivity index (χ1v) is 8.73. The first-order valence-electron chi connectivity index (χ1n) is 8.73. The highest BCUT2D eigenvalue weighted by Crippen LogP contribution is 2.53. The highest BCUT2D eigenvalue weighted by atomic mass is 16.5. The second kappa shape index (κ2) is 5.17. The minimum Gasteiger partial charge on any atom is -0.784 e. The van der Waals surface area contributed by atoms with E-state index in [0.29, 0.717) is 11.8 Å². The van der Waals surface area contributed by atoms with Crippen LogP contribution >= 0.6 is 0 Å². The summed E-state index contributed by atoms with van der Waals surface area (Å²) in [4.78, 5) is 0. The van der Waals surface area contributed by atoms with Gasteiger partial charge in [0.2, 0.25) is 0 Å². The molecule has 0 aliphatic carbocycles. The molecule has 2 aliphatic rings. The molecule has 0 aromatic carbocycles. The molecule has 2 saturated heterocycles. The summed E-state index contributed by atoms with van der Waals surface area (Å²) >= 11 is 0. The van der Waals surface area contributed by atoms with Crippen molar-refractivity contribution in [3.8, 4) is 0 Å². The smallest absolute Gasteiger partial charge is 0.0612 e. The second-order valence-corrected chi connectivity index (χ2v) is 9.81. The number of nitrogens with zero attached hydrogens (tertiary/aromatic N) is 2. The second-order valence-electron chi connectivity index (χ2n) is 9.81. The quantitative estimate of drug-likeness (QED) is 0.779. The summed E-state index contributed by atoms with van der Waals surface area (Å²) in [5, 5.41) is 27.1. The van der Waals surface area contributed by atoms with Gasteiger partial charge in [0.15, 0.2) is 0 Å². The van der Waals surface area contributed by atoms with Crippen molar-refractivity contribution < 1.29 is 5.21 Å². The molecule has 1 N–H and O–H groups in total. The molecule has 130 valence electrons. The Labute approximate surface area is 136 Å². The fraction of sp³-hybridized carbons (Fsp3) is 1.00. The van der Waals surface area contributed by atoms with Crippen molar-refractivity contribution in [2.75, 3.05) is 0 Å². The van der Waals surface area contributed by atoms with Crippen LogP contribution in [0.25, 0.3) is 0 Å². The Morgan fingerprint density at radius 3 is 1.68 bits per heavy atom. The van der Waals surface area contributed by atoms with E-state index in [1.807, 2.05) is 13.8 Å². The minimum absolute atomic E-state index is 0.304. The molecule has 4 heteroatoms. The lowest BCUT2D eigenvalue weighted by Gasteiger charge is -2.70. The van der Waals surface area contributed by atoms with E-state index in [-0.39, 0.29) is 11.1 Å². The molecule has 2 rings (SSSR count). The van der Waals surface area contributed by atoms with Crippen LogP contribution in [-0.2, 0) is 0 Å². The van der Waals surface area contributed by atoms with Crippen molar-refractivity contribution in [1.29, 1.82) is 0 Å². The van der Waals surface area contributed by atoms with Crippen molar-refractivity contribution in [1.82, 2.24) is 10.1 Å². The molecule has 0 saturated carbocycles. The van der Waals surface area contributed by atoms with Crippen molar-refractivity contribution in [2.45, 2.75) is 103 Å². The molecule has 0 spiro atoms. The molecule has 22 heavy (non-hydrogen) atoms. The molecule has 4 unspecified atom stereocenters. The Morgan fingerprint density at radius 1 is 0.773 bits per heavy atom. The summed E-state index contributed by atoms with van der Waals surface area (Å²) in [6.45, 7) is 16.9. The van der Waals surface area contributed by atoms with Crippen LogP contribution in [0.5, 0.6) is 0 Å². The lowest BCUT2D eigenvalue weighted by Crippen LogP contribution is -2.76. The highest BCUT2D eigenvalue weighted by molar-refractivity contribution is 5.16. The molecule has 0 aromatic heterocycles. The van der Waals surface area contributed by atoms with Crippen molar-refractivity contribution in [3.05, 3.63) is 5.21 Å². The van der Waals surface area contributed by atoms with E-state index in [9.17, 15) is 10.4 Å². The van der Waals surface area contributed by atoms with E-state index in [2.05, 4.69) is 41.5 Å². The molecule has 2 heterocycles. The topological polar surface area (TPSA) is 49.8 Å². The Balaban J connectivity index is 2.49. The highest BCUT2D eigenvalue weighted by Gasteiger charge is 2.59. The van der Waals surface area contributed by atoms with Crippen molar-refractivity contribution >= 4 is 0 Å². The first kappa shape index (κ1) is 18.2. The van der Waals surface area contributed by atoms with Gasteiger partial charge in [-0.15, -0.1) is 0 Å². The summed E-state index contributed by atoms with van der Waals surface area (Å²) in [5.74, 6) is 0.977. The van der Waals surface area contributed by atoms with Gasteiger partial charge in [-0.05, 0) is 79.1 Å². The summed E-state index contributed by atoms with van der Waals surface area (Å²) in [5.41, 5.74) is -1.82. The maximum absolute atomic E-state index is 13.3. The van der Waals surface area contributed by atoms with Gasteiger partial charge in [0.05, 0.1) is 5.54 Å². The molecular formula is C18H35N2O2-. The van der Waals surface area contributed by atoms with Gasteiger partial charge >= 0.3 is 0 Å². The zero-order valence-corrected chi connectivity index (χ0v) is 15.7. The third-order valence-corrected chi connectivity index (χ3v) is 6.39. The van der Waals surface area contributed by atoms with Crippen LogP contribution in [0.4, 0.5) is 0 Å². The van der Waals surface area contributed by atoms with Crippen molar-refractivity contribution in [2.24, 2.45) is 11.8 Å². The largest absolute Gasteiger partial charge is 0.784 e. The first-order chi connectivity index (χ1) is 9.76. The van der Waals surface area contributed by atoms with E-state index >= 15 is 0 Å². The summed E-state index contributed by atoms with van der Waals surface area (Å²) in [6.07, 6.45) is 3.54. The third kappa shape index (κ3) is 2.52. The fourth-order valence-corrected chi connectivity index (χ4v) is 5.77. The van der Waals surface area contributed by atoms with Crippen LogP contribution < -0.4 is 0 Å². The van der Waals surface area contributed by atoms with Crippen LogP contribution in [0.3, 0.4) is 0 Å². The van der Waals surface area contributed by atoms with E-state index in [4.69, 9.17) is 0 Å². The monoisotopic (exact) mass is 311 g/mol. The van der Waals surface area contributed by atoms with Crippen molar-refractivity contribution in [3.63, 3.8) is 0 Å². The number of piperidine rings is 2. The zero-order valence-electron chi connectivity index (χ0n) is 15.7. The maximum Gasteiger partial charge on any atom is 0.0612 e. The van der Waals surface area contributed by atoms with E-state index < -0.39 is 11.1 Å². The SMILES string of the molecule is CC1CC(C)(C)N([O-])C(C)(C2(C)CC(C)CC(C)(C)N2O)C1. The normalized spacial score (nSPS) is 46.6. The van der Waals surface area contributed by atoms with Gasteiger partial charge in [-0.25, -0.2) is 0 Å². The molecule has 0 aromatic rings. The van der Waals surface area contributed by atoms with Gasteiger partial charge < -0.3 is 15.5 Å². The predicted octanol–water partition coefficient (Wildman–Crippen LogP) is 4.41. The minimum atomic E-state index is -0.588. The number of hydrogen-bond donors (Lipinski definition) is 1. The van der Waals surface area contributed by atoms with E-state index in [1.165, 1.54) is 10.1 Å². The van der Waals surface area contributed by atoms with Crippen LogP contribution in [0, 0.1) is 17.0 Å². The molecule has 4 atom stereocenters. The standard InChI is InChI=1S/C18H35N2O2/c1-13-9-15(3,4)19(21)17(7,11-13)18(8)12-14(2)10-16(5,6)20(18)22/h13-14,21H,9-12H2,1-8H3/q-1. The van der Waals surface area contributed by atoms with E-state index in [0.717, 1.165) is 25.7 Å². The van der Waals surface area contributed by atoms with Gasteiger partial charge in [-0.2, -0.15) is 5.06 Å². The molecule has 2 fully saturated rings. The predicted molar refractivity (Wildman–Crippen MR) is 90.6 cm³/mol. The average molecular weight is 311 g/mol. The molecular weight excluding hydrogens is 276 g/mol. The molecule has 0 bridgehead atoms. The van der Waals surface area contributed by atoms with Gasteiger partial charge in [0, 0.05) is 16.6 Å². The van der Waals surface area contributed by atoms with E-state index in [1.54, 1.807) is 0 Å². The van der Waals surface area contributed by atoms with Gasteiger partial charge in [-0.3, -0.25) is 0 Å². The maximum atomic E-state index is 13.3. The molecule has 4 nitrogen and oxygen atoms in total. The number of hydrogen-bond acceptors (Lipinski definition) is 4. The summed E-state index contributed by atoms with van der Waals surface area (Å²) in [6, 6.07) is 0. The van der Waals surface area contributed by atoms with Gasteiger partial charge in [-0.1, -0.05) is 13.8 Å². The lowest BCUT2D eigenvalue weighted by atomic mass is 9.61. The molecule has 0 radical (unpaired) electrons. The van der Waals surface area contributed by atoms with Gasteiger partial charge in [0.1, 0.15) is 0 Å². The number of hydroxylamine groups is 4. The van der Waals surface area contributed by atoms with Crippen LogP contribution in [0.2, 0.25) is 0 Å². The Kier molecular flexibility index (Phi) is 4.27. The average Bonchev–Trinajstić information content (AvgIpc) is 2.31. The molecule has 2 aliphatic heterocycles. The number of rotatable bonds is 1. The fourth-order valence-electron chi connectivity index (χ4n) is 5.77. The van der Waals surface area contributed by atoms with Crippen LogP contribution in [0.1, 0.15) is 81.1 Å². The Bertz CT molecular complexity index is 397. The van der Waals surface area contributed by atoms with Crippen LogP contribution in [-0.4, -0.2) is 37.5 Å². The summed E-state index contributed by atoms with van der Waals surface area (Å²) in [7, 11) is 0. The summed E-state index contributed by atoms with van der Waals surface area (Å²) < 4.78 is 0. The Morgan fingerprint density at radius 2 is 1.18 bits per heavy atom. The van der Waals surface area contributed by atoms with Crippen LogP contribution in [0.15, 0.2) is 0 Å². The van der Waals surface area contributed by atoms with Gasteiger partial charge in [0.25, 0.3) is 0 Å².